The SMILES string of the molecule is CN(C)S(=O)(=O)c1cccc(C(=O)N[C@@H]2CCc3ccccc32)c1. The molecule has 0 fully saturated rings. The van der Waals surface area contributed by atoms with Crippen LogP contribution in [0.3, 0.4) is 0 Å². The number of fused-ring (bicyclic) bond motifs is 1. The lowest BCUT2D eigenvalue weighted by atomic mass is 10.1. The van der Waals surface area contributed by atoms with Gasteiger partial charge in [0.1, 0.15) is 0 Å². The van der Waals surface area contributed by atoms with Crippen LogP contribution >= 0.6 is 0 Å². The highest BCUT2D eigenvalue weighted by Gasteiger charge is 2.24. The number of carbonyl (C=O) groups excluding carboxylic acids is 1. The molecule has 0 aromatic heterocycles. The van der Waals surface area contributed by atoms with Gasteiger partial charge in [-0.15, -0.1) is 0 Å². The number of carbonyl (C=O) groups is 1. The van der Waals surface area contributed by atoms with Crippen LogP contribution in [0.1, 0.15) is 33.9 Å². The summed E-state index contributed by atoms with van der Waals surface area (Å²) in [5.41, 5.74) is 2.75. The molecule has 5 nitrogen and oxygen atoms in total. The van der Waals surface area contributed by atoms with Crippen molar-refractivity contribution < 1.29 is 13.2 Å². The van der Waals surface area contributed by atoms with Gasteiger partial charge in [0.15, 0.2) is 0 Å². The molecule has 0 bridgehead atoms. The summed E-state index contributed by atoms with van der Waals surface area (Å²) in [6.45, 7) is 0. The molecule has 2 aromatic rings. The molecule has 1 N–H and O–H groups in total. The molecule has 0 heterocycles. The minimum absolute atomic E-state index is 0.0252. The Kier molecular flexibility index (Phi) is 4.43. The smallest absolute Gasteiger partial charge is 0.251 e. The number of aryl methyl sites for hydroxylation is 1. The number of nitrogens with zero attached hydrogens (tertiary/aromatic N) is 1. The summed E-state index contributed by atoms with van der Waals surface area (Å²) in [6, 6.07) is 14.2. The fourth-order valence-corrected chi connectivity index (χ4v) is 3.91. The fourth-order valence-electron chi connectivity index (χ4n) is 2.96. The Morgan fingerprint density at radius 2 is 1.88 bits per heavy atom. The Balaban J connectivity index is 1.82. The lowest BCUT2D eigenvalue weighted by molar-refractivity contribution is 0.0936. The number of hydrogen-bond acceptors (Lipinski definition) is 3. The first-order chi connectivity index (χ1) is 11.4. The van der Waals surface area contributed by atoms with Gasteiger partial charge in [-0.1, -0.05) is 30.3 Å². The van der Waals surface area contributed by atoms with Crippen LogP contribution in [0.4, 0.5) is 0 Å². The summed E-state index contributed by atoms with van der Waals surface area (Å²) in [6.07, 6.45) is 1.80. The maximum Gasteiger partial charge on any atom is 0.251 e. The molecule has 3 rings (SSSR count). The molecule has 2 aromatic carbocycles. The van der Waals surface area contributed by atoms with Gasteiger partial charge in [-0.2, -0.15) is 0 Å². The van der Waals surface area contributed by atoms with Gasteiger partial charge >= 0.3 is 0 Å². The van der Waals surface area contributed by atoms with E-state index in [1.807, 2.05) is 18.2 Å². The van der Waals surface area contributed by atoms with E-state index in [0.717, 1.165) is 22.7 Å². The minimum atomic E-state index is -3.56. The molecule has 126 valence electrons. The van der Waals surface area contributed by atoms with Gasteiger partial charge in [-0.05, 0) is 42.2 Å². The number of hydrogen-bond donors (Lipinski definition) is 1. The van der Waals surface area contributed by atoms with E-state index in [9.17, 15) is 13.2 Å². The van der Waals surface area contributed by atoms with Crippen LogP contribution in [0.5, 0.6) is 0 Å². The first kappa shape index (κ1) is 16.7. The van der Waals surface area contributed by atoms with Crippen LogP contribution in [-0.4, -0.2) is 32.7 Å². The number of benzene rings is 2. The van der Waals surface area contributed by atoms with Crippen LogP contribution in [0.15, 0.2) is 53.4 Å². The highest BCUT2D eigenvalue weighted by molar-refractivity contribution is 7.89. The highest BCUT2D eigenvalue weighted by atomic mass is 32.2. The molecular weight excluding hydrogens is 324 g/mol. The van der Waals surface area contributed by atoms with Gasteiger partial charge in [0.2, 0.25) is 10.0 Å². The Labute approximate surface area is 142 Å². The number of nitrogens with one attached hydrogen (secondary N) is 1. The average Bonchev–Trinajstić information content (AvgIpc) is 2.98. The van der Waals surface area contributed by atoms with E-state index >= 15 is 0 Å². The Hall–Kier alpha value is -2.18. The second-order valence-corrected chi connectivity index (χ2v) is 8.23. The summed E-state index contributed by atoms with van der Waals surface area (Å²) in [5, 5.41) is 3.01. The van der Waals surface area contributed by atoms with Crippen LogP contribution < -0.4 is 5.32 Å². The molecule has 0 spiro atoms. The van der Waals surface area contributed by atoms with Gasteiger partial charge in [0.05, 0.1) is 10.9 Å². The zero-order valence-electron chi connectivity index (χ0n) is 13.7. The van der Waals surface area contributed by atoms with Crippen LogP contribution in [-0.2, 0) is 16.4 Å². The summed E-state index contributed by atoms with van der Waals surface area (Å²) >= 11 is 0. The van der Waals surface area contributed by atoms with E-state index < -0.39 is 10.0 Å². The normalized spacial score (nSPS) is 16.9. The molecular formula is C18H20N2O3S. The van der Waals surface area contributed by atoms with E-state index in [2.05, 4.69) is 11.4 Å². The maximum absolute atomic E-state index is 12.5. The van der Waals surface area contributed by atoms with Crippen molar-refractivity contribution in [3.05, 3.63) is 65.2 Å². The number of sulfonamides is 1. The van der Waals surface area contributed by atoms with E-state index in [0.29, 0.717) is 5.56 Å². The predicted molar refractivity (Wildman–Crippen MR) is 92.3 cm³/mol. The third-order valence-corrected chi connectivity index (χ3v) is 6.12. The number of amides is 1. The minimum Gasteiger partial charge on any atom is -0.345 e. The molecule has 0 saturated heterocycles. The van der Waals surface area contributed by atoms with Gasteiger partial charge in [0, 0.05) is 19.7 Å². The van der Waals surface area contributed by atoms with Crippen molar-refractivity contribution in [2.24, 2.45) is 0 Å². The van der Waals surface area contributed by atoms with Gasteiger partial charge in [-0.25, -0.2) is 12.7 Å². The van der Waals surface area contributed by atoms with Crippen molar-refractivity contribution in [2.75, 3.05) is 14.1 Å². The molecule has 1 aliphatic rings. The first-order valence-corrected chi connectivity index (χ1v) is 9.25. The lowest BCUT2D eigenvalue weighted by Crippen LogP contribution is -2.28. The van der Waals surface area contributed by atoms with Crippen molar-refractivity contribution in [3.8, 4) is 0 Å². The first-order valence-electron chi connectivity index (χ1n) is 7.81. The van der Waals surface area contributed by atoms with Crippen molar-refractivity contribution in [1.29, 1.82) is 0 Å². The molecule has 1 amide bonds. The standard InChI is InChI=1S/C18H20N2O3S/c1-20(2)24(22,23)15-8-5-7-14(12-15)18(21)19-17-11-10-13-6-3-4-9-16(13)17/h3-9,12,17H,10-11H2,1-2H3,(H,19,21)/t17-/m1/s1. The highest BCUT2D eigenvalue weighted by Crippen LogP contribution is 2.31. The number of rotatable bonds is 4. The summed E-state index contributed by atoms with van der Waals surface area (Å²) < 4.78 is 25.6. The van der Waals surface area contributed by atoms with Crippen LogP contribution in [0, 0.1) is 0 Å². The largest absolute Gasteiger partial charge is 0.345 e. The van der Waals surface area contributed by atoms with Crippen LogP contribution in [0.25, 0.3) is 0 Å². The molecule has 0 saturated carbocycles. The molecule has 6 heteroatoms. The van der Waals surface area contributed by atoms with Gasteiger partial charge in [0.25, 0.3) is 5.91 Å². The zero-order valence-corrected chi connectivity index (χ0v) is 14.5. The molecule has 1 aliphatic carbocycles. The molecule has 0 unspecified atom stereocenters. The van der Waals surface area contributed by atoms with E-state index in [-0.39, 0.29) is 16.8 Å². The summed E-state index contributed by atoms with van der Waals surface area (Å²) in [4.78, 5) is 12.7. The van der Waals surface area contributed by atoms with E-state index in [1.54, 1.807) is 12.1 Å². The Bertz CT molecular complexity index is 875. The quantitative estimate of drug-likeness (QED) is 0.926. The molecule has 1 atom stereocenters. The fraction of sp³-hybridized carbons (Fsp3) is 0.278. The summed E-state index contributed by atoms with van der Waals surface area (Å²) in [7, 11) is -0.616. The topological polar surface area (TPSA) is 66.5 Å². The van der Waals surface area contributed by atoms with Crippen molar-refractivity contribution in [3.63, 3.8) is 0 Å². The third-order valence-electron chi connectivity index (χ3n) is 4.31. The summed E-state index contributed by atoms with van der Waals surface area (Å²) in [5.74, 6) is -0.257. The van der Waals surface area contributed by atoms with Gasteiger partial charge < -0.3 is 5.32 Å². The van der Waals surface area contributed by atoms with Crippen molar-refractivity contribution in [1.82, 2.24) is 9.62 Å². The predicted octanol–water partition coefficient (Wildman–Crippen LogP) is 2.35. The average molecular weight is 344 g/mol. The second kappa shape index (κ2) is 6.37. The lowest BCUT2D eigenvalue weighted by Gasteiger charge is -2.15. The second-order valence-electron chi connectivity index (χ2n) is 6.08. The molecule has 0 aliphatic heterocycles. The van der Waals surface area contributed by atoms with Gasteiger partial charge in [-0.3, -0.25) is 4.79 Å². The van der Waals surface area contributed by atoms with Crippen molar-refractivity contribution >= 4 is 15.9 Å². The third kappa shape index (κ3) is 3.07. The van der Waals surface area contributed by atoms with Crippen LogP contribution in [0.2, 0.25) is 0 Å². The molecule has 24 heavy (non-hydrogen) atoms. The zero-order chi connectivity index (χ0) is 17.3. The van der Waals surface area contributed by atoms with E-state index in [4.69, 9.17) is 0 Å². The monoisotopic (exact) mass is 344 g/mol. The maximum atomic E-state index is 12.5. The molecule has 0 radical (unpaired) electrons. The Morgan fingerprint density at radius 1 is 1.12 bits per heavy atom. The van der Waals surface area contributed by atoms with E-state index in [1.165, 1.54) is 31.8 Å². The Morgan fingerprint density at radius 3 is 2.62 bits per heavy atom. The van der Waals surface area contributed by atoms with Crippen molar-refractivity contribution in [2.45, 2.75) is 23.8 Å².